The number of likely N-dealkylation sites (N-methyl/N-ethyl adjacent to an activating group) is 1. The second-order valence-corrected chi connectivity index (χ2v) is 13.4. The zero-order valence-electron chi connectivity index (χ0n) is 22.6. The van der Waals surface area contributed by atoms with E-state index in [1.54, 1.807) is 47.4 Å². The van der Waals surface area contributed by atoms with Crippen molar-refractivity contribution in [3.63, 3.8) is 0 Å². The highest BCUT2D eigenvalue weighted by Gasteiger charge is 2.34. The lowest BCUT2D eigenvalue weighted by Crippen LogP contribution is -2.52. The van der Waals surface area contributed by atoms with Gasteiger partial charge < -0.3 is 25.0 Å². The van der Waals surface area contributed by atoms with Crippen molar-refractivity contribution in [1.82, 2.24) is 15.1 Å². The average molecular weight is 579 g/mol. The quantitative estimate of drug-likeness (QED) is 0.438. The molecule has 0 spiro atoms. The third kappa shape index (κ3) is 7.03. The summed E-state index contributed by atoms with van der Waals surface area (Å²) in [6, 6.07) is 7.31. The van der Waals surface area contributed by atoms with Crippen LogP contribution in [-0.2, 0) is 10.0 Å². The summed E-state index contributed by atoms with van der Waals surface area (Å²) in [7, 11) is -2.08. The van der Waals surface area contributed by atoms with E-state index in [-0.39, 0.29) is 46.0 Å². The van der Waals surface area contributed by atoms with Crippen molar-refractivity contribution >= 4 is 39.0 Å². The second kappa shape index (κ2) is 12.6. The largest absolute Gasteiger partial charge is 0.487 e. The first-order valence-electron chi connectivity index (χ1n) is 13.4. The van der Waals surface area contributed by atoms with Gasteiger partial charge in [-0.2, -0.15) is 0 Å². The number of benzene rings is 1. The predicted octanol–water partition coefficient (Wildman–Crippen LogP) is 3.74. The van der Waals surface area contributed by atoms with Gasteiger partial charge in [-0.05, 0) is 49.4 Å². The van der Waals surface area contributed by atoms with Gasteiger partial charge >= 0.3 is 6.03 Å². The molecule has 3 amide bonds. The molecule has 4 rings (SSSR count). The number of nitrogens with zero attached hydrogens (tertiary/aromatic N) is 2. The van der Waals surface area contributed by atoms with Gasteiger partial charge in [0.1, 0.15) is 16.1 Å². The fraction of sp³-hybridized carbons (Fsp3) is 0.556. The molecule has 2 heterocycles. The Bertz CT molecular complexity index is 1250. The molecule has 10 nitrogen and oxygen atoms in total. The van der Waals surface area contributed by atoms with Crippen molar-refractivity contribution in [2.24, 2.45) is 5.92 Å². The van der Waals surface area contributed by atoms with Crippen LogP contribution in [0.3, 0.4) is 0 Å². The number of anilines is 1. The summed E-state index contributed by atoms with van der Waals surface area (Å²) >= 11 is 1.10. The molecule has 39 heavy (non-hydrogen) atoms. The van der Waals surface area contributed by atoms with Crippen LogP contribution < -0.4 is 14.8 Å². The molecule has 1 aromatic heterocycles. The number of thiophene rings is 1. The normalized spacial score (nSPS) is 21.2. The van der Waals surface area contributed by atoms with Crippen LogP contribution in [0.4, 0.5) is 10.5 Å². The van der Waals surface area contributed by atoms with Gasteiger partial charge in [-0.1, -0.05) is 32.3 Å². The standard InChI is InChI=1S/C27H38N4O6S2/c1-18-15-31(19(2)17-32)26(33)22-14-21(29-39(35,36)25-10-7-13-38-25)11-12-23(22)37-24(18)16-30(3)27(34)28-20-8-5-4-6-9-20/h7,10-14,18-20,24,29,32H,4-6,8-9,15-17H2,1-3H3,(H,28,34)/t18-,19-,24-/m0/s1. The van der Waals surface area contributed by atoms with E-state index in [4.69, 9.17) is 4.74 Å². The highest BCUT2D eigenvalue weighted by molar-refractivity contribution is 7.94. The van der Waals surface area contributed by atoms with E-state index in [1.807, 2.05) is 6.92 Å². The highest BCUT2D eigenvalue weighted by atomic mass is 32.2. The Morgan fingerprint density at radius 2 is 2.00 bits per heavy atom. The van der Waals surface area contributed by atoms with Crippen LogP contribution in [0.2, 0.25) is 0 Å². The molecule has 3 N–H and O–H groups in total. The minimum atomic E-state index is -3.81. The smallest absolute Gasteiger partial charge is 0.317 e. The molecule has 1 saturated carbocycles. The van der Waals surface area contributed by atoms with Crippen LogP contribution >= 0.6 is 11.3 Å². The van der Waals surface area contributed by atoms with Gasteiger partial charge in [0.05, 0.1) is 24.8 Å². The molecule has 2 aliphatic rings. The molecule has 2 aromatic rings. The van der Waals surface area contributed by atoms with Crippen LogP contribution in [0, 0.1) is 5.92 Å². The summed E-state index contributed by atoms with van der Waals surface area (Å²) in [5.41, 5.74) is 0.415. The first kappa shape index (κ1) is 29.2. The van der Waals surface area contributed by atoms with Gasteiger partial charge in [0, 0.05) is 31.2 Å². The number of hydrogen-bond donors (Lipinski definition) is 3. The molecule has 0 radical (unpaired) electrons. The van der Waals surface area contributed by atoms with E-state index in [0.717, 1.165) is 37.0 Å². The Morgan fingerprint density at radius 3 is 2.67 bits per heavy atom. The van der Waals surface area contributed by atoms with Crippen molar-refractivity contribution < 1.29 is 27.9 Å². The number of hydrogen-bond acceptors (Lipinski definition) is 7. The van der Waals surface area contributed by atoms with E-state index in [2.05, 4.69) is 10.0 Å². The Labute approximate surface area is 234 Å². The van der Waals surface area contributed by atoms with E-state index in [9.17, 15) is 23.1 Å². The van der Waals surface area contributed by atoms with E-state index < -0.39 is 22.2 Å². The number of fused-ring (bicyclic) bond motifs is 1. The number of nitrogens with one attached hydrogen (secondary N) is 2. The molecule has 12 heteroatoms. The van der Waals surface area contributed by atoms with E-state index >= 15 is 0 Å². The molecular weight excluding hydrogens is 540 g/mol. The SMILES string of the molecule is C[C@H]1CN([C@@H](C)CO)C(=O)c2cc(NS(=O)(=O)c3cccs3)ccc2O[C@H]1CN(C)C(=O)NC1CCCCC1. The van der Waals surface area contributed by atoms with E-state index in [1.165, 1.54) is 18.6 Å². The zero-order valence-corrected chi connectivity index (χ0v) is 24.3. The first-order chi connectivity index (χ1) is 18.6. The Hall–Kier alpha value is -2.83. The minimum Gasteiger partial charge on any atom is -0.487 e. The van der Waals surface area contributed by atoms with Crippen LogP contribution in [0.1, 0.15) is 56.3 Å². The van der Waals surface area contributed by atoms with Gasteiger partial charge in [0.2, 0.25) is 0 Å². The molecule has 0 saturated heterocycles. The van der Waals surface area contributed by atoms with Crippen molar-refractivity contribution in [2.75, 3.05) is 31.5 Å². The number of rotatable bonds is 8. The van der Waals surface area contributed by atoms with Gasteiger partial charge in [0.15, 0.2) is 0 Å². The van der Waals surface area contributed by atoms with Crippen molar-refractivity contribution in [2.45, 2.75) is 68.3 Å². The van der Waals surface area contributed by atoms with E-state index in [0.29, 0.717) is 18.8 Å². The Kier molecular flexibility index (Phi) is 9.39. The first-order valence-corrected chi connectivity index (χ1v) is 15.8. The second-order valence-electron chi connectivity index (χ2n) is 10.5. The lowest BCUT2D eigenvalue weighted by molar-refractivity contribution is 0.0366. The summed E-state index contributed by atoms with van der Waals surface area (Å²) in [6.45, 7) is 4.08. The van der Waals surface area contributed by atoms with Gasteiger partial charge in [0.25, 0.3) is 15.9 Å². The van der Waals surface area contributed by atoms with Crippen molar-refractivity contribution in [3.8, 4) is 5.75 Å². The van der Waals surface area contributed by atoms with Crippen LogP contribution in [0.15, 0.2) is 39.9 Å². The van der Waals surface area contributed by atoms with Gasteiger partial charge in [-0.25, -0.2) is 13.2 Å². The maximum absolute atomic E-state index is 13.6. The fourth-order valence-corrected chi connectivity index (χ4v) is 7.05. The number of carbonyl (C=O) groups is 2. The number of aliphatic hydroxyl groups excluding tert-OH is 1. The average Bonchev–Trinajstić information content (AvgIpc) is 3.47. The number of ether oxygens (including phenoxy) is 1. The van der Waals surface area contributed by atoms with Crippen molar-refractivity contribution in [1.29, 1.82) is 0 Å². The summed E-state index contributed by atoms with van der Waals surface area (Å²) < 4.78 is 34.6. The summed E-state index contributed by atoms with van der Waals surface area (Å²) in [4.78, 5) is 29.8. The number of urea groups is 1. The summed E-state index contributed by atoms with van der Waals surface area (Å²) in [5.74, 6) is -0.220. The molecule has 1 aromatic carbocycles. The van der Waals surface area contributed by atoms with Gasteiger partial charge in [-0.15, -0.1) is 11.3 Å². The maximum Gasteiger partial charge on any atom is 0.317 e. The number of aliphatic hydroxyl groups is 1. The molecule has 214 valence electrons. The molecule has 1 aliphatic heterocycles. The number of carbonyl (C=O) groups excluding carboxylic acids is 2. The molecule has 3 atom stereocenters. The summed E-state index contributed by atoms with van der Waals surface area (Å²) in [6.07, 6.45) is 4.96. The third-order valence-corrected chi connectivity index (χ3v) is 10.2. The molecule has 1 fully saturated rings. The fourth-order valence-electron chi connectivity index (χ4n) is 5.01. The highest BCUT2D eigenvalue weighted by Crippen LogP contribution is 2.32. The molecule has 1 aliphatic carbocycles. The number of amides is 3. The zero-order chi connectivity index (χ0) is 28.2. The monoisotopic (exact) mass is 578 g/mol. The number of sulfonamides is 1. The molecule has 0 unspecified atom stereocenters. The lowest BCUT2D eigenvalue weighted by atomic mass is 9.96. The topological polar surface area (TPSA) is 128 Å². The van der Waals surface area contributed by atoms with Crippen LogP contribution in [0.25, 0.3) is 0 Å². The Morgan fingerprint density at radius 1 is 1.26 bits per heavy atom. The Balaban J connectivity index is 1.58. The third-order valence-electron chi connectivity index (χ3n) is 7.41. The van der Waals surface area contributed by atoms with Crippen LogP contribution in [-0.4, -0.2) is 80.2 Å². The molecular formula is C27H38N4O6S2. The summed E-state index contributed by atoms with van der Waals surface area (Å²) in [5, 5.41) is 14.7. The molecule has 0 bridgehead atoms. The lowest BCUT2D eigenvalue weighted by Gasteiger charge is -2.38. The predicted molar refractivity (Wildman–Crippen MR) is 151 cm³/mol. The van der Waals surface area contributed by atoms with Crippen molar-refractivity contribution in [3.05, 3.63) is 41.3 Å². The maximum atomic E-state index is 13.6. The van der Waals surface area contributed by atoms with Crippen LogP contribution in [0.5, 0.6) is 5.75 Å². The van der Waals surface area contributed by atoms with Gasteiger partial charge in [-0.3, -0.25) is 9.52 Å². The minimum absolute atomic E-state index is 0.155.